The minimum atomic E-state index is -0.451. The zero-order valence-corrected chi connectivity index (χ0v) is 18.1. The van der Waals surface area contributed by atoms with Crippen LogP contribution in [0, 0.1) is 5.82 Å². The zero-order valence-electron chi connectivity index (χ0n) is 18.1. The molecule has 0 saturated carbocycles. The van der Waals surface area contributed by atoms with E-state index in [1.807, 2.05) is 39.9 Å². The Balaban J connectivity index is 1.29. The van der Waals surface area contributed by atoms with Crippen LogP contribution in [0.25, 0.3) is 5.69 Å². The van der Waals surface area contributed by atoms with E-state index in [0.717, 1.165) is 17.8 Å². The van der Waals surface area contributed by atoms with Gasteiger partial charge in [-0.2, -0.15) is 5.10 Å². The molecule has 0 radical (unpaired) electrons. The van der Waals surface area contributed by atoms with Crippen molar-refractivity contribution in [2.45, 2.75) is 31.3 Å². The van der Waals surface area contributed by atoms with Crippen molar-refractivity contribution in [3.8, 4) is 11.4 Å². The minimum Gasteiger partial charge on any atom is -0.494 e. The molecule has 7 heteroatoms. The maximum absolute atomic E-state index is 14.0. The number of hydrogen-bond acceptors (Lipinski definition) is 4. The maximum atomic E-state index is 14.0. The summed E-state index contributed by atoms with van der Waals surface area (Å²) < 4.78 is 27.1. The van der Waals surface area contributed by atoms with E-state index in [0.29, 0.717) is 38.1 Å². The number of piperidine rings is 1. The molecule has 0 atom stereocenters. The highest BCUT2D eigenvalue weighted by Crippen LogP contribution is 2.41. The Morgan fingerprint density at radius 2 is 1.97 bits per heavy atom. The lowest BCUT2D eigenvalue weighted by molar-refractivity contribution is -0.140. The van der Waals surface area contributed by atoms with Crippen molar-refractivity contribution in [2.75, 3.05) is 26.8 Å². The van der Waals surface area contributed by atoms with Gasteiger partial charge < -0.3 is 14.4 Å². The predicted octanol–water partition coefficient (Wildman–Crippen LogP) is 3.65. The van der Waals surface area contributed by atoms with Crippen molar-refractivity contribution >= 4 is 5.91 Å². The summed E-state index contributed by atoms with van der Waals surface area (Å²) in [5.41, 5.74) is 3.43. The first kappa shape index (κ1) is 20.7. The second kappa shape index (κ2) is 8.39. The van der Waals surface area contributed by atoms with E-state index in [9.17, 15) is 9.18 Å². The van der Waals surface area contributed by atoms with Crippen LogP contribution in [-0.2, 0) is 28.0 Å². The Hall–Kier alpha value is -3.19. The van der Waals surface area contributed by atoms with Crippen LogP contribution in [0.15, 0.2) is 54.7 Å². The van der Waals surface area contributed by atoms with E-state index in [1.165, 1.54) is 18.7 Å². The zero-order chi connectivity index (χ0) is 22.1. The number of aromatic nitrogens is 2. The molecule has 6 nitrogen and oxygen atoms in total. The molecule has 3 heterocycles. The Morgan fingerprint density at radius 1 is 1.19 bits per heavy atom. The third-order valence-electron chi connectivity index (χ3n) is 6.49. The Labute approximate surface area is 186 Å². The molecule has 1 aromatic heterocycles. The monoisotopic (exact) mass is 435 g/mol. The van der Waals surface area contributed by atoms with Gasteiger partial charge in [-0.1, -0.05) is 24.3 Å². The summed E-state index contributed by atoms with van der Waals surface area (Å²) in [6.07, 6.45) is 4.52. The number of methoxy groups -OCH3 is 1. The number of halogens is 1. The number of hydrogen-bond donors (Lipinski definition) is 0. The van der Waals surface area contributed by atoms with E-state index in [1.54, 1.807) is 12.1 Å². The molecule has 1 fully saturated rings. The van der Waals surface area contributed by atoms with Crippen LogP contribution in [0.5, 0.6) is 5.75 Å². The molecular formula is C25H26FN3O3. The van der Waals surface area contributed by atoms with Gasteiger partial charge in [-0.05, 0) is 54.7 Å². The van der Waals surface area contributed by atoms with Gasteiger partial charge in [0.25, 0.3) is 0 Å². The quantitative estimate of drug-likeness (QED) is 0.628. The summed E-state index contributed by atoms with van der Waals surface area (Å²) in [6, 6.07) is 14.7. The smallest absolute Gasteiger partial charge is 0.226 e. The molecule has 1 saturated heterocycles. The largest absolute Gasteiger partial charge is 0.494 e. The van der Waals surface area contributed by atoms with Crippen LogP contribution in [0.1, 0.15) is 29.7 Å². The van der Waals surface area contributed by atoms with Crippen LogP contribution >= 0.6 is 0 Å². The number of fused-ring (bicyclic) bond motifs is 2. The number of benzene rings is 2. The van der Waals surface area contributed by atoms with E-state index in [-0.39, 0.29) is 18.1 Å². The molecule has 0 aliphatic carbocycles. The first-order chi connectivity index (χ1) is 15.6. The maximum Gasteiger partial charge on any atom is 0.226 e. The fourth-order valence-corrected chi connectivity index (χ4v) is 4.72. The average Bonchev–Trinajstić information content (AvgIpc) is 3.26. The molecule has 166 valence electrons. The van der Waals surface area contributed by atoms with E-state index >= 15 is 0 Å². The first-order valence-electron chi connectivity index (χ1n) is 11.0. The van der Waals surface area contributed by atoms with E-state index in [2.05, 4.69) is 6.20 Å². The molecule has 1 spiro atoms. The highest BCUT2D eigenvalue weighted by molar-refractivity contribution is 5.79. The predicted molar refractivity (Wildman–Crippen MR) is 117 cm³/mol. The van der Waals surface area contributed by atoms with E-state index in [4.69, 9.17) is 14.6 Å². The fourth-order valence-electron chi connectivity index (χ4n) is 4.72. The molecule has 3 aromatic rings. The van der Waals surface area contributed by atoms with Gasteiger partial charge in [0.05, 0.1) is 31.5 Å². The first-order valence-corrected chi connectivity index (χ1v) is 11.0. The number of ether oxygens (including phenoxy) is 2. The van der Waals surface area contributed by atoms with Crippen LogP contribution in [-0.4, -0.2) is 47.4 Å². The second-order valence-corrected chi connectivity index (χ2v) is 8.40. The summed E-state index contributed by atoms with van der Waals surface area (Å²) in [7, 11) is 1.43. The molecule has 32 heavy (non-hydrogen) atoms. The van der Waals surface area contributed by atoms with Gasteiger partial charge in [-0.15, -0.1) is 0 Å². The highest BCUT2D eigenvalue weighted by Gasteiger charge is 2.44. The topological polar surface area (TPSA) is 56.6 Å². The second-order valence-electron chi connectivity index (χ2n) is 8.40. The Kier molecular flexibility index (Phi) is 5.43. The molecule has 5 rings (SSSR count). The third kappa shape index (κ3) is 3.77. The number of para-hydroxylation sites is 1. The summed E-state index contributed by atoms with van der Waals surface area (Å²) in [4.78, 5) is 14.7. The number of nitrogens with zero attached hydrogens (tertiary/aromatic N) is 3. The number of likely N-dealkylation sites (tertiary alicyclic amines) is 1. The molecule has 0 unspecified atom stereocenters. The minimum absolute atomic E-state index is 0.00438. The Bertz CT molecular complexity index is 1120. The van der Waals surface area contributed by atoms with Crippen molar-refractivity contribution in [1.82, 2.24) is 14.7 Å². The molecule has 2 aliphatic heterocycles. The third-order valence-corrected chi connectivity index (χ3v) is 6.49. The molecule has 2 aliphatic rings. The van der Waals surface area contributed by atoms with Gasteiger partial charge in [0.1, 0.15) is 5.60 Å². The number of carbonyl (C=O) groups excluding carboxylic acids is 1. The van der Waals surface area contributed by atoms with E-state index < -0.39 is 11.4 Å². The lowest BCUT2D eigenvalue weighted by atomic mass is 9.83. The highest BCUT2D eigenvalue weighted by atomic mass is 19.1. The molecule has 0 bridgehead atoms. The standard InChI is InChI=1S/C25H26FN3O3/c1-31-22-8-7-18(15-21(22)26)16-23(30)28-12-10-25(11-13-28)24-19(9-14-32-25)17-29(27-24)20-5-3-2-4-6-20/h2-8,15,17H,9-14,16H2,1H3. The average molecular weight is 435 g/mol. The number of amides is 1. The summed E-state index contributed by atoms with van der Waals surface area (Å²) >= 11 is 0. The summed E-state index contributed by atoms with van der Waals surface area (Å²) in [5.74, 6) is -0.274. The normalized spacial score (nSPS) is 17.2. The SMILES string of the molecule is COc1ccc(CC(=O)N2CCC3(CC2)OCCc2cn(-c4ccccc4)nc23)cc1F. The lowest BCUT2D eigenvalue weighted by Crippen LogP contribution is -2.48. The summed E-state index contributed by atoms with van der Waals surface area (Å²) in [6.45, 7) is 1.84. The molecule has 0 N–H and O–H groups in total. The van der Waals surface area contributed by atoms with Crippen LogP contribution in [0.3, 0.4) is 0 Å². The molecular weight excluding hydrogens is 409 g/mol. The molecule has 1 amide bonds. The van der Waals surface area contributed by atoms with Crippen LogP contribution in [0.4, 0.5) is 4.39 Å². The van der Waals surface area contributed by atoms with Gasteiger partial charge in [0.15, 0.2) is 11.6 Å². The molecule has 2 aromatic carbocycles. The summed E-state index contributed by atoms with van der Waals surface area (Å²) in [5, 5.41) is 4.90. The van der Waals surface area contributed by atoms with Crippen molar-refractivity contribution in [3.63, 3.8) is 0 Å². The van der Waals surface area contributed by atoms with Crippen molar-refractivity contribution in [3.05, 3.63) is 77.4 Å². The van der Waals surface area contributed by atoms with Crippen molar-refractivity contribution < 1.29 is 18.7 Å². The lowest BCUT2D eigenvalue weighted by Gasteiger charge is -2.43. The number of rotatable bonds is 4. The van der Waals surface area contributed by atoms with Gasteiger partial charge in [0.2, 0.25) is 5.91 Å². The van der Waals surface area contributed by atoms with Gasteiger partial charge in [-0.3, -0.25) is 4.79 Å². The fraction of sp³-hybridized carbons (Fsp3) is 0.360. The number of carbonyl (C=O) groups is 1. The van der Waals surface area contributed by atoms with Crippen molar-refractivity contribution in [1.29, 1.82) is 0 Å². The van der Waals surface area contributed by atoms with Gasteiger partial charge >= 0.3 is 0 Å². The Morgan fingerprint density at radius 3 is 2.69 bits per heavy atom. The van der Waals surface area contributed by atoms with Crippen LogP contribution < -0.4 is 4.74 Å². The van der Waals surface area contributed by atoms with Crippen molar-refractivity contribution in [2.24, 2.45) is 0 Å². The van der Waals surface area contributed by atoms with Crippen LogP contribution in [0.2, 0.25) is 0 Å². The van der Waals surface area contributed by atoms with Gasteiger partial charge in [0, 0.05) is 19.3 Å². The van der Waals surface area contributed by atoms with Gasteiger partial charge in [-0.25, -0.2) is 9.07 Å².